The lowest BCUT2D eigenvalue weighted by Crippen LogP contribution is -2.36. The molecule has 3 aromatic rings. The number of rotatable bonds is 1. The van der Waals surface area contributed by atoms with Crippen LogP contribution >= 0.6 is 0 Å². The second-order valence-corrected chi connectivity index (χ2v) is 8.81. The Kier molecular flexibility index (Phi) is 4.76. The number of nitrogens with zero attached hydrogens (tertiary/aromatic N) is 6. The van der Waals surface area contributed by atoms with E-state index in [0.717, 1.165) is 53.2 Å². The lowest BCUT2D eigenvalue weighted by molar-refractivity contribution is -0.133. The first kappa shape index (κ1) is 19.7. The van der Waals surface area contributed by atoms with Crippen LogP contribution in [0.5, 0.6) is 0 Å². The van der Waals surface area contributed by atoms with Gasteiger partial charge < -0.3 is 4.90 Å². The Labute approximate surface area is 182 Å². The molecule has 0 N–H and O–H groups in total. The molecule has 0 spiro atoms. The van der Waals surface area contributed by atoms with Crippen LogP contribution in [-0.2, 0) is 31.4 Å². The maximum atomic E-state index is 13.1. The van der Waals surface area contributed by atoms with Crippen molar-refractivity contribution < 1.29 is 4.79 Å². The lowest BCUT2D eigenvalue weighted by atomic mass is 9.98. The third-order valence-corrected chi connectivity index (χ3v) is 6.25. The zero-order valence-electron chi connectivity index (χ0n) is 18.6. The Morgan fingerprint density at radius 3 is 2.71 bits per heavy atom. The topological polar surface area (TPSA) is 68.8 Å². The van der Waals surface area contributed by atoms with Crippen LogP contribution < -0.4 is 0 Å². The van der Waals surface area contributed by atoms with Crippen molar-refractivity contribution in [2.24, 2.45) is 7.05 Å². The summed E-state index contributed by atoms with van der Waals surface area (Å²) in [6.07, 6.45) is 10.4. The van der Waals surface area contributed by atoms with Crippen molar-refractivity contribution in [3.05, 3.63) is 58.9 Å². The zero-order chi connectivity index (χ0) is 21.7. The molecule has 0 atom stereocenters. The molecule has 1 aliphatic heterocycles. The molecule has 0 aromatic carbocycles. The van der Waals surface area contributed by atoms with Crippen molar-refractivity contribution in [2.45, 2.75) is 59.2 Å². The van der Waals surface area contributed by atoms with Gasteiger partial charge in [-0.3, -0.25) is 19.1 Å². The molecule has 4 bridgehead atoms. The maximum Gasteiger partial charge on any atom is 0.223 e. The van der Waals surface area contributed by atoms with Crippen LogP contribution in [0.2, 0.25) is 0 Å². The molecule has 3 aromatic heterocycles. The second kappa shape index (κ2) is 7.48. The van der Waals surface area contributed by atoms with E-state index in [0.29, 0.717) is 13.0 Å². The van der Waals surface area contributed by atoms with Crippen molar-refractivity contribution in [3.8, 4) is 11.1 Å². The third-order valence-electron chi connectivity index (χ3n) is 6.25. The van der Waals surface area contributed by atoms with Crippen molar-refractivity contribution in [2.75, 3.05) is 0 Å². The van der Waals surface area contributed by atoms with E-state index in [4.69, 9.17) is 15.2 Å². The molecule has 5 rings (SSSR count). The predicted octanol–water partition coefficient (Wildman–Crippen LogP) is 3.51. The highest BCUT2D eigenvalue weighted by Crippen LogP contribution is 2.36. The second-order valence-electron chi connectivity index (χ2n) is 8.81. The minimum absolute atomic E-state index is 0.101. The number of aromatic nitrogens is 5. The quantitative estimate of drug-likeness (QED) is 0.609. The van der Waals surface area contributed by atoms with Crippen molar-refractivity contribution in [1.82, 2.24) is 29.4 Å². The largest absolute Gasteiger partial charge is 0.334 e. The fraction of sp³-hybridized carbons (Fsp3) is 0.417. The summed E-state index contributed by atoms with van der Waals surface area (Å²) in [5.74, 6) is 0.154. The van der Waals surface area contributed by atoms with Gasteiger partial charge in [0, 0.05) is 73.3 Å². The highest BCUT2D eigenvalue weighted by Gasteiger charge is 2.25. The van der Waals surface area contributed by atoms with Gasteiger partial charge in [0.25, 0.3) is 0 Å². The Morgan fingerprint density at radius 1 is 1.06 bits per heavy atom. The standard InChI is InChI=1S/C24H28N6O/c1-15(2)30-14-23-21(12-28(4)27-23)17-10-19-18(7-8-22(19)25-11-17)20-13-29(26-16(20)3)9-5-6-24(30)31/h7,10-13,15H,5-6,8-9,14H2,1-4H3. The van der Waals surface area contributed by atoms with E-state index in [2.05, 4.69) is 39.1 Å². The highest BCUT2D eigenvalue weighted by atomic mass is 16.2. The molecule has 0 saturated carbocycles. The fourth-order valence-electron chi connectivity index (χ4n) is 4.65. The van der Waals surface area contributed by atoms with Gasteiger partial charge in [0.05, 0.1) is 23.6 Å². The van der Waals surface area contributed by atoms with Gasteiger partial charge in [0.1, 0.15) is 0 Å². The zero-order valence-corrected chi connectivity index (χ0v) is 18.6. The van der Waals surface area contributed by atoms with Crippen LogP contribution in [0, 0.1) is 6.92 Å². The summed E-state index contributed by atoms with van der Waals surface area (Å²) in [5, 5.41) is 9.43. The number of pyridine rings is 1. The molecule has 31 heavy (non-hydrogen) atoms. The Morgan fingerprint density at radius 2 is 1.90 bits per heavy atom. The molecule has 7 heteroatoms. The van der Waals surface area contributed by atoms with Crippen LogP contribution in [0.15, 0.2) is 30.7 Å². The number of carbonyl (C=O) groups excluding carboxylic acids is 1. The number of amides is 1. The number of hydrogen-bond donors (Lipinski definition) is 0. The SMILES string of the molecule is Cc1nn2cc1C1=CCc3ncc(cc31)-c1cn(C)nc1CN(C(C)C)C(=O)CCC2. The normalized spacial score (nSPS) is 16.2. The fourth-order valence-corrected chi connectivity index (χ4v) is 4.65. The van der Waals surface area contributed by atoms with E-state index in [1.807, 2.05) is 33.7 Å². The Balaban J connectivity index is 1.67. The van der Waals surface area contributed by atoms with Crippen molar-refractivity contribution >= 4 is 11.5 Å². The maximum absolute atomic E-state index is 13.1. The number of aryl methyl sites for hydroxylation is 3. The summed E-state index contributed by atoms with van der Waals surface area (Å²) >= 11 is 0. The molecule has 7 nitrogen and oxygen atoms in total. The number of hydrogen-bond acceptors (Lipinski definition) is 4. The third kappa shape index (κ3) is 3.48. The summed E-state index contributed by atoms with van der Waals surface area (Å²) in [6.45, 7) is 7.40. The summed E-state index contributed by atoms with van der Waals surface area (Å²) in [5.41, 5.74) is 8.60. The molecule has 0 radical (unpaired) electrons. The van der Waals surface area contributed by atoms with E-state index in [1.54, 1.807) is 0 Å². The summed E-state index contributed by atoms with van der Waals surface area (Å²) in [7, 11) is 1.93. The van der Waals surface area contributed by atoms with Gasteiger partial charge in [-0.15, -0.1) is 0 Å². The molecule has 1 amide bonds. The predicted molar refractivity (Wildman–Crippen MR) is 119 cm³/mol. The highest BCUT2D eigenvalue weighted by molar-refractivity contribution is 5.86. The van der Waals surface area contributed by atoms with E-state index in [9.17, 15) is 4.79 Å². The van der Waals surface area contributed by atoms with Crippen LogP contribution in [0.4, 0.5) is 0 Å². The minimum Gasteiger partial charge on any atom is -0.334 e. The van der Waals surface area contributed by atoms with Gasteiger partial charge in [0.2, 0.25) is 5.91 Å². The molecule has 0 fully saturated rings. The molecule has 4 heterocycles. The van der Waals surface area contributed by atoms with Crippen molar-refractivity contribution in [3.63, 3.8) is 0 Å². The van der Waals surface area contributed by atoms with E-state index >= 15 is 0 Å². The van der Waals surface area contributed by atoms with Gasteiger partial charge in [-0.25, -0.2) is 0 Å². The molecular formula is C24H28N6O. The van der Waals surface area contributed by atoms with E-state index in [-0.39, 0.29) is 11.9 Å². The van der Waals surface area contributed by atoms with Crippen LogP contribution in [-0.4, -0.2) is 41.4 Å². The van der Waals surface area contributed by atoms with Crippen LogP contribution in [0.1, 0.15) is 54.9 Å². The van der Waals surface area contributed by atoms with Gasteiger partial charge in [-0.05, 0) is 38.8 Å². The summed E-state index contributed by atoms with van der Waals surface area (Å²) < 4.78 is 3.80. The molecular weight excluding hydrogens is 388 g/mol. The average molecular weight is 417 g/mol. The lowest BCUT2D eigenvalue weighted by Gasteiger charge is -2.26. The first-order chi connectivity index (χ1) is 14.9. The van der Waals surface area contributed by atoms with Crippen LogP contribution in [0.3, 0.4) is 0 Å². The monoisotopic (exact) mass is 416 g/mol. The smallest absolute Gasteiger partial charge is 0.223 e. The van der Waals surface area contributed by atoms with E-state index < -0.39 is 0 Å². The van der Waals surface area contributed by atoms with Gasteiger partial charge in [-0.1, -0.05) is 6.08 Å². The van der Waals surface area contributed by atoms with Gasteiger partial charge in [-0.2, -0.15) is 10.2 Å². The Hall–Kier alpha value is -3.22. The first-order valence-electron chi connectivity index (χ1n) is 11.0. The molecule has 160 valence electrons. The summed E-state index contributed by atoms with van der Waals surface area (Å²) in [4.78, 5) is 19.8. The first-order valence-corrected chi connectivity index (χ1v) is 11.0. The van der Waals surface area contributed by atoms with Gasteiger partial charge in [0.15, 0.2) is 0 Å². The van der Waals surface area contributed by atoms with Gasteiger partial charge >= 0.3 is 0 Å². The van der Waals surface area contributed by atoms with Crippen LogP contribution in [0.25, 0.3) is 16.7 Å². The number of carbonyl (C=O) groups is 1. The minimum atomic E-state index is 0.101. The number of allylic oxidation sites excluding steroid dienone is 1. The Bertz CT molecular complexity index is 1200. The molecule has 0 saturated heterocycles. The molecule has 2 aliphatic rings. The molecule has 1 aliphatic carbocycles. The molecule has 0 unspecified atom stereocenters. The van der Waals surface area contributed by atoms with E-state index in [1.165, 1.54) is 11.1 Å². The number of fused-ring (bicyclic) bond motifs is 6. The summed E-state index contributed by atoms with van der Waals surface area (Å²) in [6, 6.07) is 2.32. The van der Waals surface area contributed by atoms with Crippen molar-refractivity contribution in [1.29, 1.82) is 0 Å². The average Bonchev–Trinajstić information content (AvgIpc) is 3.41.